The lowest BCUT2D eigenvalue weighted by Gasteiger charge is -2.53. The van der Waals surface area contributed by atoms with Crippen molar-refractivity contribution in [2.75, 3.05) is 27.3 Å². The van der Waals surface area contributed by atoms with E-state index in [9.17, 15) is 19.2 Å². The Kier molecular flexibility index (Phi) is 9.82. The van der Waals surface area contributed by atoms with Gasteiger partial charge in [-0.3, -0.25) is 14.6 Å². The van der Waals surface area contributed by atoms with Gasteiger partial charge in [0.1, 0.15) is 23.7 Å². The fraction of sp³-hybridized carbons (Fsp3) is 0.578. The van der Waals surface area contributed by atoms with Crippen molar-refractivity contribution in [2.45, 2.75) is 125 Å². The number of rotatable bonds is 11. The van der Waals surface area contributed by atoms with Crippen LogP contribution in [0.3, 0.4) is 0 Å². The van der Waals surface area contributed by atoms with Gasteiger partial charge in [0.2, 0.25) is 11.8 Å². The van der Waals surface area contributed by atoms with E-state index in [1.54, 1.807) is 0 Å². The van der Waals surface area contributed by atoms with Crippen molar-refractivity contribution in [1.82, 2.24) is 45.4 Å². The Morgan fingerprint density at radius 2 is 1.25 bits per heavy atom. The number of aromatic nitrogens is 5. The van der Waals surface area contributed by atoms with Crippen LogP contribution in [-0.4, -0.2) is 98.1 Å². The number of fused-ring (bicyclic) bond motifs is 4. The molecule has 5 saturated carbocycles. The van der Waals surface area contributed by atoms with Gasteiger partial charge in [-0.15, -0.1) is 0 Å². The van der Waals surface area contributed by atoms with Gasteiger partial charge in [0, 0.05) is 52.5 Å². The zero-order chi connectivity index (χ0) is 41.2. The second kappa shape index (κ2) is 15.2. The third-order valence-corrected chi connectivity index (χ3v) is 14.9. The van der Waals surface area contributed by atoms with Gasteiger partial charge < -0.3 is 39.9 Å². The number of carbonyl (C=O) groups is 4. The molecule has 1 aromatic carbocycles. The maximum atomic E-state index is 13.8. The normalized spacial score (nSPS) is 27.2. The third kappa shape index (κ3) is 6.96. The highest BCUT2D eigenvalue weighted by Crippen LogP contribution is 2.58. The molecule has 0 radical (unpaired) electrons. The van der Waals surface area contributed by atoms with Crippen molar-refractivity contribution in [3.63, 3.8) is 0 Å². The van der Waals surface area contributed by atoms with Crippen molar-refractivity contribution in [2.24, 2.45) is 11.8 Å². The number of aromatic amines is 2. The molecule has 0 spiro atoms. The van der Waals surface area contributed by atoms with Crippen LogP contribution in [-0.2, 0) is 29.9 Å². The Labute approximate surface area is 349 Å². The molecule has 7 fully saturated rings. The second-order valence-electron chi connectivity index (χ2n) is 18.3. The Balaban J connectivity index is 0.801. The number of H-pyrrole nitrogens is 2. The van der Waals surface area contributed by atoms with E-state index in [1.807, 2.05) is 22.2 Å². The van der Waals surface area contributed by atoms with Crippen LogP contribution in [0.5, 0.6) is 0 Å². The lowest BCUT2D eigenvalue weighted by atomic mass is 9.52. The molecule has 5 heterocycles. The molecule has 4 aromatic rings. The zero-order valence-corrected chi connectivity index (χ0v) is 34.5. The first-order valence-corrected chi connectivity index (χ1v) is 22.0. The Morgan fingerprint density at radius 3 is 1.82 bits per heavy atom. The number of nitrogens with one attached hydrogen (secondary N) is 4. The summed E-state index contributed by atoms with van der Waals surface area (Å²) >= 11 is 0. The average Bonchev–Trinajstić information content (AvgIpc) is 4.00. The fourth-order valence-electron chi connectivity index (χ4n) is 11.0. The third-order valence-electron chi connectivity index (χ3n) is 14.9. The van der Waals surface area contributed by atoms with Crippen LogP contribution in [0, 0.1) is 11.8 Å². The molecule has 2 aliphatic heterocycles. The maximum absolute atomic E-state index is 13.8. The minimum atomic E-state index is -0.576. The number of likely N-dealkylation sites (tertiary alicyclic amines) is 2. The molecule has 11 rings (SSSR count). The molecule has 2 saturated heterocycles. The lowest BCUT2D eigenvalue weighted by molar-refractivity contribution is -0.135. The number of pyridine rings is 1. The summed E-state index contributed by atoms with van der Waals surface area (Å²) in [6, 6.07) is 9.37. The largest absolute Gasteiger partial charge is 0.453 e. The van der Waals surface area contributed by atoms with Gasteiger partial charge >= 0.3 is 12.2 Å². The van der Waals surface area contributed by atoms with E-state index >= 15 is 0 Å². The van der Waals surface area contributed by atoms with Crippen LogP contribution >= 0.6 is 0 Å². The fourth-order valence-corrected chi connectivity index (χ4v) is 11.0. The topological polar surface area (TPSA) is 188 Å². The van der Waals surface area contributed by atoms with E-state index in [1.165, 1.54) is 25.6 Å². The molecule has 4 amide bonds. The molecule has 7 aliphatic rings. The predicted octanol–water partition coefficient (Wildman–Crippen LogP) is 6.49. The summed E-state index contributed by atoms with van der Waals surface area (Å²) in [5, 5.41) is 6.65. The van der Waals surface area contributed by atoms with E-state index in [0.29, 0.717) is 13.1 Å². The molecule has 4 atom stereocenters. The molecular formula is C45H55N9O6. The number of amides is 4. The summed E-state index contributed by atoms with van der Waals surface area (Å²) in [7, 11) is 2.65. The van der Waals surface area contributed by atoms with Crippen molar-refractivity contribution in [1.29, 1.82) is 0 Å². The Bertz CT molecular complexity index is 2290. The Hall–Kier alpha value is -5.47. The summed E-state index contributed by atoms with van der Waals surface area (Å²) in [5.74, 6) is 1.82. The molecule has 4 N–H and O–H groups in total. The highest BCUT2D eigenvalue weighted by molar-refractivity contribution is 5.88. The number of ether oxygens (including phenoxy) is 2. The number of hydrogen-bond acceptors (Lipinski definition) is 9. The first kappa shape index (κ1) is 38.7. The summed E-state index contributed by atoms with van der Waals surface area (Å²) in [6.07, 6.45) is 16.2. The van der Waals surface area contributed by atoms with Gasteiger partial charge in [-0.05, 0) is 120 Å². The van der Waals surface area contributed by atoms with E-state index < -0.39 is 24.3 Å². The van der Waals surface area contributed by atoms with Gasteiger partial charge in [0.25, 0.3) is 0 Å². The summed E-state index contributed by atoms with van der Waals surface area (Å²) in [6.45, 7) is 1.29. The molecular weight excluding hydrogens is 763 g/mol. The van der Waals surface area contributed by atoms with Gasteiger partial charge in [0.05, 0.1) is 43.7 Å². The van der Waals surface area contributed by atoms with Crippen molar-refractivity contribution < 1.29 is 28.7 Å². The minimum absolute atomic E-state index is 0.0354. The van der Waals surface area contributed by atoms with Gasteiger partial charge in [-0.25, -0.2) is 19.6 Å². The molecule has 4 unspecified atom stereocenters. The van der Waals surface area contributed by atoms with E-state index in [0.717, 1.165) is 124 Å². The second-order valence-corrected chi connectivity index (χ2v) is 18.3. The molecule has 15 nitrogen and oxygen atoms in total. The van der Waals surface area contributed by atoms with E-state index in [-0.39, 0.29) is 46.6 Å². The number of imidazole rings is 2. The predicted molar refractivity (Wildman–Crippen MR) is 220 cm³/mol. The summed E-state index contributed by atoms with van der Waals surface area (Å²) < 4.78 is 9.64. The van der Waals surface area contributed by atoms with Crippen LogP contribution < -0.4 is 10.6 Å². The number of nitrogens with zero attached hydrogens (tertiary/aromatic N) is 5. The monoisotopic (exact) mass is 817 g/mol. The van der Waals surface area contributed by atoms with Gasteiger partial charge in [-0.1, -0.05) is 12.1 Å². The first-order chi connectivity index (χ1) is 29.2. The summed E-state index contributed by atoms with van der Waals surface area (Å²) in [4.78, 5) is 77.5. The molecule has 316 valence electrons. The first-order valence-electron chi connectivity index (χ1n) is 22.0. The number of benzene rings is 1. The van der Waals surface area contributed by atoms with Crippen molar-refractivity contribution in [3.05, 3.63) is 65.8 Å². The van der Waals surface area contributed by atoms with Crippen LogP contribution in [0.1, 0.15) is 125 Å². The summed E-state index contributed by atoms with van der Waals surface area (Å²) in [5.41, 5.74) is 5.32. The molecule has 3 aromatic heterocycles. The number of hydrogen-bond donors (Lipinski definition) is 4. The Morgan fingerprint density at radius 1 is 0.700 bits per heavy atom. The maximum Gasteiger partial charge on any atom is 0.407 e. The standard InChI is InChI=1S/C45H55N9O6/c1-59-42(57)51-36(26-7-8-26)40(55)53-21-3-5-32(53)38-46-24-31(49-38)29-11-13-30-28(23-29)12-14-34(48-30)44-15-18-45(19-16-44,20-17-44)35-25-47-39(50-35)33-6-4-22-54(33)41(56)37(27-9-10-27)52-43(58)60-2/h11-14,23-27,32-33,36-37H,3-10,15-22H2,1-2H3,(H,46,49)(H,47,50)(H,51,57)(H,52,58). The van der Waals surface area contributed by atoms with Crippen LogP contribution in [0.25, 0.3) is 22.2 Å². The van der Waals surface area contributed by atoms with Crippen LogP contribution in [0.15, 0.2) is 42.7 Å². The molecule has 15 heteroatoms. The quantitative estimate of drug-likeness (QED) is 0.131. The van der Waals surface area contributed by atoms with Crippen LogP contribution in [0.2, 0.25) is 0 Å². The molecule has 2 bridgehead atoms. The number of alkyl carbamates (subject to hydrolysis) is 2. The highest BCUT2D eigenvalue weighted by atomic mass is 16.5. The SMILES string of the molecule is COC(=O)NC(C(=O)N1CCCC1c1ncc(-c2ccc3nc(C45CCC(c6cnc(C7CCCN7C(=O)C(NC(=O)OC)C7CC7)[nH]6)(CC4)CC5)ccc3c2)[nH]1)C1CC1. The lowest BCUT2D eigenvalue weighted by Crippen LogP contribution is -2.49. The average molecular weight is 818 g/mol. The van der Waals surface area contributed by atoms with Crippen LogP contribution in [0.4, 0.5) is 9.59 Å². The smallest absolute Gasteiger partial charge is 0.407 e. The number of methoxy groups -OCH3 is 2. The highest BCUT2D eigenvalue weighted by Gasteiger charge is 2.52. The number of carbonyl (C=O) groups excluding carboxylic acids is 4. The zero-order valence-electron chi connectivity index (χ0n) is 34.5. The van der Waals surface area contributed by atoms with E-state index in [2.05, 4.69) is 50.9 Å². The molecule has 60 heavy (non-hydrogen) atoms. The molecule has 5 aliphatic carbocycles. The van der Waals surface area contributed by atoms with E-state index in [4.69, 9.17) is 24.4 Å². The van der Waals surface area contributed by atoms with Crippen molar-refractivity contribution >= 4 is 34.9 Å². The minimum Gasteiger partial charge on any atom is -0.453 e. The van der Waals surface area contributed by atoms with Gasteiger partial charge in [0.15, 0.2) is 0 Å². The van der Waals surface area contributed by atoms with Gasteiger partial charge in [-0.2, -0.15) is 0 Å². The van der Waals surface area contributed by atoms with Crippen molar-refractivity contribution in [3.8, 4) is 11.3 Å².